The number of hydrogen-bond acceptors (Lipinski definition) is 8. The molecule has 0 unspecified atom stereocenters. The predicted molar refractivity (Wildman–Crippen MR) is 82.1 cm³/mol. The lowest BCUT2D eigenvalue weighted by Crippen LogP contribution is -2.07. The van der Waals surface area contributed by atoms with Gasteiger partial charge in [0.2, 0.25) is 0 Å². The molecule has 0 saturated carbocycles. The number of carbonyl (C=O) groups excluding carboxylic acids is 4. The van der Waals surface area contributed by atoms with Crippen LogP contribution in [0.3, 0.4) is 0 Å². The number of esters is 4. The van der Waals surface area contributed by atoms with E-state index < -0.39 is 23.9 Å². The quantitative estimate of drug-likeness (QED) is 0.284. The Bertz CT molecular complexity index is 519. The highest BCUT2D eigenvalue weighted by Crippen LogP contribution is 1.99. The van der Waals surface area contributed by atoms with Gasteiger partial charge < -0.3 is 18.9 Å². The molecule has 0 rings (SSSR count). The zero-order valence-electron chi connectivity index (χ0n) is 14.0. The molecule has 0 atom stereocenters. The second-order valence-corrected chi connectivity index (χ2v) is 4.25. The van der Waals surface area contributed by atoms with E-state index in [-0.39, 0.29) is 24.4 Å². The first-order valence-corrected chi connectivity index (χ1v) is 7.08. The van der Waals surface area contributed by atoms with E-state index >= 15 is 0 Å². The zero-order valence-corrected chi connectivity index (χ0v) is 14.0. The van der Waals surface area contributed by atoms with Gasteiger partial charge in [-0.2, -0.15) is 0 Å². The Hall–Kier alpha value is -2.90. The monoisotopic (exact) mass is 340 g/mol. The minimum atomic E-state index is -0.887. The largest absolute Gasteiger partial charge is 0.463 e. The average Bonchev–Trinajstić information content (AvgIpc) is 2.55. The van der Waals surface area contributed by atoms with Crippen LogP contribution in [0.2, 0.25) is 0 Å². The topological polar surface area (TPSA) is 105 Å². The van der Waals surface area contributed by atoms with Gasteiger partial charge in [0.15, 0.2) is 0 Å². The molecule has 0 heterocycles. The van der Waals surface area contributed by atoms with E-state index in [1.165, 1.54) is 13.8 Å². The van der Waals surface area contributed by atoms with Crippen LogP contribution in [-0.2, 0) is 38.1 Å². The van der Waals surface area contributed by atoms with E-state index in [1.54, 1.807) is 13.8 Å². The molecule has 24 heavy (non-hydrogen) atoms. The Morgan fingerprint density at radius 3 is 1.33 bits per heavy atom. The molecule has 0 saturated heterocycles. The average molecular weight is 340 g/mol. The Balaban J connectivity index is 4.43. The van der Waals surface area contributed by atoms with Crippen molar-refractivity contribution in [3.63, 3.8) is 0 Å². The number of hydrogen-bond donors (Lipinski definition) is 0. The molecule has 0 radical (unpaired) electrons. The summed E-state index contributed by atoms with van der Waals surface area (Å²) in [7, 11) is 0. The lowest BCUT2D eigenvalue weighted by Gasteiger charge is -2.01. The highest BCUT2D eigenvalue weighted by molar-refractivity contribution is 5.93. The molecule has 0 aliphatic heterocycles. The van der Waals surface area contributed by atoms with E-state index in [9.17, 15) is 19.2 Å². The first-order chi connectivity index (χ1) is 11.3. The maximum Gasteiger partial charge on any atom is 0.336 e. The third-order valence-corrected chi connectivity index (χ3v) is 2.25. The van der Waals surface area contributed by atoms with Crippen LogP contribution in [0.15, 0.2) is 35.8 Å². The Morgan fingerprint density at radius 1 is 0.708 bits per heavy atom. The maximum atomic E-state index is 11.4. The second-order valence-electron chi connectivity index (χ2n) is 4.25. The smallest absolute Gasteiger partial charge is 0.336 e. The molecule has 0 amide bonds. The van der Waals surface area contributed by atoms with Gasteiger partial charge in [-0.05, 0) is 27.7 Å². The molecule has 0 bridgehead atoms. The van der Waals surface area contributed by atoms with Crippen molar-refractivity contribution >= 4 is 23.9 Å². The van der Waals surface area contributed by atoms with Crippen molar-refractivity contribution < 1.29 is 38.1 Å². The van der Waals surface area contributed by atoms with Crippen LogP contribution < -0.4 is 0 Å². The summed E-state index contributed by atoms with van der Waals surface area (Å²) in [6, 6.07) is 0. The molecule has 0 aromatic rings. The van der Waals surface area contributed by atoms with Crippen molar-refractivity contribution in [1.29, 1.82) is 0 Å². The summed E-state index contributed by atoms with van der Waals surface area (Å²) in [4.78, 5) is 45.2. The van der Waals surface area contributed by atoms with E-state index in [1.807, 2.05) is 0 Å². The summed E-state index contributed by atoms with van der Waals surface area (Å²) in [6.07, 6.45) is 3.46. The molecule has 0 fully saturated rings. The fourth-order valence-corrected chi connectivity index (χ4v) is 1.09. The molecule has 132 valence electrons. The van der Waals surface area contributed by atoms with Crippen LogP contribution >= 0.6 is 0 Å². The summed E-state index contributed by atoms with van der Waals surface area (Å²) in [6.45, 7) is 6.50. The first-order valence-electron chi connectivity index (χ1n) is 7.08. The molecule has 0 aliphatic rings. The third kappa shape index (κ3) is 9.19. The van der Waals surface area contributed by atoms with Gasteiger partial charge in [0, 0.05) is 12.2 Å². The number of rotatable bonds is 8. The molecule has 0 N–H and O–H groups in total. The Labute approximate surface area is 139 Å². The first kappa shape index (κ1) is 21.1. The van der Waals surface area contributed by atoms with Gasteiger partial charge >= 0.3 is 23.9 Å². The van der Waals surface area contributed by atoms with Crippen molar-refractivity contribution in [3.05, 3.63) is 35.8 Å². The van der Waals surface area contributed by atoms with Crippen molar-refractivity contribution in [2.75, 3.05) is 13.2 Å². The summed E-state index contributed by atoms with van der Waals surface area (Å²) >= 11 is 0. The summed E-state index contributed by atoms with van der Waals surface area (Å²) in [5, 5.41) is 0. The Morgan fingerprint density at radius 2 is 1.04 bits per heavy atom. The number of ether oxygens (including phenoxy) is 4. The van der Waals surface area contributed by atoms with Gasteiger partial charge in [0.1, 0.15) is 12.5 Å². The molecule has 0 aromatic carbocycles. The van der Waals surface area contributed by atoms with Crippen LogP contribution in [0.5, 0.6) is 0 Å². The molecular formula is C16H20O8. The van der Waals surface area contributed by atoms with Gasteiger partial charge in [-0.3, -0.25) is 0 Å². The van der Waals surface area contributed by atoms with Crippen molar-refractivity contribution in [1.82, 2.24) is 0 Å². The summed E-state index contributed by atoms with van der Waals surface area (Å²) in [5.41, 5.74) is 0.184. The van der Waals surface area contributed by atoms with Crippen molar-refractivity contribution in [3.8, 4) is 0 Å². The SMILES string of the molecule is CCOC(=O)C(C)=COC(=O)/C=C\C(=O)OC=C(C)C(=O)OCC. The highest BCUT2D eigenvalue weighted by Gasteiger charge is 2.07. The van der Waals surface area contributed by atoms with Crippen LogP contribution in [-0.4, -0.2) is 37.1 Å². The normalized spacial score (nSPS) is 11.8. The van der Waals surface area contributed by atoms with Crippen molar-refractivity contribution in [2.24, 2.45) is 0 Å². The van der Waals surface area contributed by atoms with E-state index in [2.05, 4.69) is 9.47 Å². The fourth-order valence-electron chi connectivity index (χ4n) is 1.09. The summed E-state index contributed by atoms with van der Waals surface area (Å²) < 4.78 is 18.6. The van der Waals surface area contributed by atoms with Crippen molar-refractivity contribution in [2.45, 2.75) is 27.7 Å². The third-order valence-electron chi connectivity index (χ3n) is 2.25. The highest BCUT2D eigenvalue weighted by atomic mass is 16.5. The molecule has 0 aromatic heterocycles. The van der Waals surface area contributed by atoms with Crippen LogP contribution in [0.25, 0.3) is 0 Å². The van der Waals surface area contributed by atoms with Gasteiger partial charge in [0.05, 0.1) is 24.4 Å². The van der Waals surface area contributed by atoms with E-state index in [0.29, 0.717) is 0 Å². The van der Waals surface area contributed by atoms with Crippen LogP contribution in [0.1, 0.15) is 27.7 Å². The summed E-state index contributed by atoms with van der Waals surface area (Å²) in [5.74, 6) is -3.01. The molecule has 8 heteroatoms. The number of carbonyl (C=O) groups is 4. The Kier molecular flexibility index (Phi) is 10.2. The van der Waals surface area contributed by atoms with Gasteiger partial charge in [-0.1, -0.05) is 0 Å². The predicted octanol–water partition coefficient (Wildman–Crippen LogP) is 1.56. The van der Waals surface area contributed by atoms with Gasteiger partial charge in [0.25, 0.3) is 0 Å². The lowest BCUT2D eigenvalue weighted by molar-refractivity contribution is -0.140. The molecule has 8 nitrogen and oxygen atoms in total. The lowest BCUT2D eigenvalue weighted by atomic mass is 10.3. The molecule has 0 spiro atoms. The molecular weight excluding hydrogens is 320 g/mol. The standard InChI is InChI=1S/C16H20O8/c1-5-21-15(19)11(3)9-23-13(17)7-8-14(18)24-10-12(4)16(20)22-6-2/h7-10H,5-6H2,1-4H3/b8-7-,11-9?,12-10?. The minimum absolute atomic E-state index is 0.0918. The minimum Gasteiger partial charge on any atom is -0.463 e. The van der Waals surface area contributed by atoms with Crippen LogP contribution in [0.4, 0.5) is 0 Å². The molecule has 0 aliphatic carbocycles. The van der Waals surface area contributed by atoms with E-state index in [4.69, 9.17) is 9.47 Å². The second kappa shape index (κ2) is 11.6. The van der Waals surface area contributed by atoms with Gasteiger partial charge in [-0.25, -0.2) is 19.2 Å². The van der Waals surface area contributed by atoms with E-state index in [0.717, 1.165) is 24.7 Å². The maximum absolute atomic E-state index is 11.4. The fraction of sp³-hybridized carbons (Fsp3) is 0.375. The van der Waals surface area contributed by atoms with Gasteiger partial charge in [-0.15, -0.1) is 0 Å². The zero-order chi connectivity index (χ0) is 18.5. The van der Waals surface area contributed by atoms with Crippen LogP contribution in [0, 0.1) is 0 Å².